The van der Waals surface area contributed by atoms with E-state index in [1.165, 1.54) is 83.5 Å². The molecule has 240 valence electrons. The van der Waals surface area contributed by atoms with Crippen molar-refractivity contribution in [1.82, 2.24) is 19.5 Å². The highest BCUT2D eigenvalue weighted by Gasteiger charge is 2.21. The summed E-state index contributed by atoms with van der Waals surface area (Å²) >= 11 is 0. The minimum Gasteiger partial charge on any atom is -0.465 e. The minimum atomic E-state index is -0.421. The summed E-state index contributed by atoms with van der Waals surface area (Å²) < 4.78 is 19.0. The lowest BCUT2D eigenvalue weighted by Gasteiger charge is -2.24. The van der Waals surface area contributed by atoms with Gasteiger partial charge in [-0.25, -0.2) is 4.98 Å². The number of esters is 1. The molecule has 2 aromatic rings. The average molecular weight is 592 g/mol. The number of hydrogen-bond acceptors (Lipinski definition) is 8. The third-order valence-corrected chi connectivity index (χ3v) is 7.64. The summed E-state index contributed by atoms with van der Waals surface area (Å²) in [5.74, 6) is -0.284. The van der Waals surface area contributed by atoms with Crippen LogP contribution in [0, 0.1) is 5.92 Å². The summed E-state index contributed by atoms with van der Waals surface area (Å²) in [6.07, 6.45) is 21.4. The van der Waals surface area contributed by atoms with Gasteiger partial charge in [-0.1, -0.05) is 96.8 Å². The summed E-state index contributed by atoms with van der Waals surface area (Å²) in [6.45, 7) is 7.77. The van der Waals surface area contributed by atoms with E-state index in [9.17, 15) is 9.59 Å². The van der Waals surface area contributed by atoms with E-state index in [0.29, 0.717) is 38.2 Å². The highest BCUT2D eigenvalue weighted by atomic mass is 16.7. The van der Waals surface area contributed by atoms with E-state index < -0.39 is 6.29 Å². The van der Waals surface area contributed by atoms with Crippen LogP contribution >= 0.6 is 0 Å². The van der Waals surface area contributed by atoms with Crippen molar-refractivity contribution in [3.63, 3.8) is 0 Å². The van der Waals surface area contributed by atoms with E-state index in [1.54, 1.807) is 10.9 Å². The van der Waals surface area contributed by atoms with Gasteiger partial charge in [0.05, 0.1) is 12.9 Å². The predicted octanol–water partition coefficient (Wildman–Crippen LogP) is 6.91. The van der Waals surface area contributed by atoms with Crippen LogP contribution in [0.25, 0.3) is 11.2 Å². The Morgan fingerprint density at radius 2 is 1.43 bits per heavy atom. The second-order valence-corrected chi connectivity index (χ2v) is 11.3. The maximum Gasteiger partial charge on any atom is 0.305 e. The fourth-order valence-electron chi connectivity index (χ4n) is 5.33. The fraction of sp³-hybridized carbons (Fsp3) is 0.812. The lowest BCUT2D eigenvalue weighted by atomic mass is 10.0. The Kier molecular flexibility index (Phi) is 18.8. The molecule has 0 bridgehead atoms. The van der Waals surface area contributed by atoms with E-state index in [1.807, 2.05) is 13.8 Å². The molecule has 42 heavy (non-hydrogen) atoms. The number of carbonyl (C=O) groups is 1. The number of aromatic nitrogens is 4. The maximum absolute atomic E-state index is 12.5. The van der Waals surface area contributed by atoms with Crippen LogP contribution in [0.2, 0.25) is 0 Å². The molecule has 0 fully saturated rings. The average Bonchev–Trinajstić information content (AvgIpc) is 3.36. The highest BCUT2D eigenvalue weighted by Crippen LogP contribution is 2.18. The normalized spacial score (nSPS) is 12.4. The molecule has 3 N–H and O–H groups in total. The number of hydrogen-bond donors (Lipinski definition) is 2. The molecule has 0 aromatic carbocycles. The van der Waals surface area contributed by atoms with Gasteiger partial charge < -0.3 is 24.5 Å². The quantitative estimate of drug-likeness (QED) is 0.0684. The lowest BCUT2D eigenvalue weighted by molar-refractivity contribution is -0.157. The van der Waals surface area contributed by atoms with Crippen LogP contribution in [-0.4, -0.2) is 51.6 Å². The number of ether oxygens (including phenoxy) is 3. The zero-order valence-electron chi connectivity index (χ0n) is 26.5. The van der Waals surface area contributed by atoms with Crippen molar-refractivity contribution >= 4 is 23.1 Å². The molecule has 2 heterocycles. The Bertz CT molecular complexity index is 1030. The second kappa shape index (κ2) is 22.1. The molecule has 0 spiro atoms. The Balaban J connectivity index is 1.68. The molecule has 1 atom stereocenters. The van der Waals surface area contributed by atoms with Gasteiger partial charge in [0.2, 0.25) is 5.95 Å². The molecule has 10 heteroatoms. The number of nitrogens with two attached hydrogens (primary N) is 1. The zero-order chi connectivity index (χ0) is 30.4. The van der Waals surface area contributed by atoms with Crippen LogP contribution in [0.15, 0.2) is 11.1 Å². The lowest BCUT2D eigenvalue weighted by Crippen LogP contribution is -2.27. The fourth-order valence-corrected chi connectivity index (χ4v) is 5.33. The van der Waals surface area contributed by atoms with Gasteiger partial charge in [0, 0.05) is 38.5 Å². The van der Waals surface area contributed by atoms with Crippen molar-refractivity contribution in [2.45, 2.75) is 143 Å². The third kappa shape index (κ3) is 14.6. The molecule has 0 radical (unpaired) electrons. The first-order valence-corrected chi connectivity index (χ1v) is 16.6. The predicted molar refractivity (Wildman–Crippen MR) is 168 cm³/mol. The third-order valence-electron chi connectivity index (χ3n) is 7.64. The molecular formula is C32H57N5O5. The number of fused-ring (bicyclic) bond motifs is 1. The summed E-state index contributed by atoms with van der Waals surface area (Å²) in [6, 6.07) is 0. The van der Waals surface area contributed by atoms with Crippen molar-refractivity contribution in [2.24, 2.45) is 5.92 Å². The topological polar surface area (TPSA) is 134 Å². The number of anilines is 1. The molecule has 0 aliphatic carbocycles. The Labute approximate surface area is 252 Å². The van der Waals surface area contributed by atoms with Gasteiger partial charge in [-0.2, -0.15) is 4.98 Å². The molecule has 0 saturated heterocycles. The standard InChI is InChI=1S/C32H57N5O5/c1-4-7-8-9-10-11-12-13-14-15-16-17-18-19-20-21-27(38)42-24-26(22-28(40-5-2)41-6-3)23-37-25-34-29-30(37)35-32(33)36-31(29)39/h25-26,28H,4-24H2,1-3H3,(H3,33,35,36,39). The van der Waals surface area contributed by atoms with E-state index in [-0.39, 0.29) is 35.5 Å². The largest absolute Gasteiger partial charge is 0.465 e. The summed E-state index contributed by atoms with van der Waals surface area (Å²) in [4.78, 5) is 35.6. The molecule has 10 nitrogen and oxygen atoms in total. The van der Waals surface area contributed by atoms with Crippen molar-refractivity contribution < 1.29 is 19.0 Å². The number of carbonyl (C=O) groups excluding carboxylic acids is 1. The Hall–Kier alpha value is -2.46. The number of nitrogens with zero attached hydrogens (tertiary/aromatic N) is 3. The first kappa shape index (κ1) is 35.7. The summed E-state index contributed by atoms with van der Waals surface area (Å²) in [5.41, 5.74) is 5.99. The number of unbranched alkanes of at least 4 members (excludes halogenated alkanes) is 14. The monoisotopic (exact) mass is 591 g/mol. The van der Waals surface area contributed by atoms with E-state index in [2.05, 4.69) is 21.9 Å². The van der Waals surface area contributed by atoms with Crippen LogP contribution in [-0.2, 0) is 25.5 Å². The molecule has 0 saturated carbocycles. The molecule has 0 aliphatic heterocycles. The van der Waals surface area contributed by atoms with Gasteiger partial charge >= 0.3 is 5.97 Å². The smallest absolute Gasteiger partial charge is 0.305 e. The van der Waals surface area contributed by atoms with Crippen molar-refractivity contribution in [2.75, 3.05) is 25.6 Å². The summed E-state index contributed by atoms with van der Waals surface area (Å²) in [7, 11) is 0. The van der Waals surface area contributed by atoms with Gasteiger partial charge in [-0.05, 0) is 20.3 Å². The second-order valence-electron chi connectivity index (χ2n) is 11.3. The van der Waals surface area contributed by atoms with E-state index in [0.717, 1.165) is 12.8 Å². The number of nitrogen functional groups attached to an aromatic ring is 1. The van der Waals surface area contributed by atoms with Gasteiger partial charge in [-0.3, -0.25) is 14.6 Å². The van der Waals surface area contributed by atoms with Crippen LogP contribution in [0.1, 0.15) is 130 Å². The number of imidazole rings is 1. The van der Waals surface area contributed by atoms with Gasteiger partial charge in [0.25, 0.3) is 5.56 Å². The van der Waals surface area contributed by atoms with Crippen molar-refractivity contribution in [1.29, 1.82) is 0 Å². The first-order valence-electron chi connectivity index (χ1n) is 16.6. The Morgan fingerprint density at radius 3 is 1.98 bits per heavy atom. The summed E-state index contributed by atoms with van der Waals surface area (Å²) in [5, 5.41) is 0. The highest BCUT2D eigenvalue weighted by molar-refractivity contribution is 5.70. The molecular weight excluding hydrogens is 534 g/mol. The number of nitrogens with one attached hydrogen (secondary N) is 1. The maximum atomic E-state index is 12.5. The van der Waals surface area contributed by atoms with Crippen LogP contribution in [0.4, 0.5) is 5.95 Å². The van der Waals surface area contributed by atoms with Gasteiger partial charge in [0.15, 0.2) is 17.5 Å². The molecule has 1 unspecified atom stereocenters. The number of rotatable bonds is 26. The molecule has 0 aliphatic rings. The van der Waals surface area contributed by atoms with Crippen LogP contribution < -0.4 is 11.3 Å². The molecule has 2 rings (SSSR count). The SMILES string of the molecule is CCCCCCCCCCCCCCCCCC(=O)OCC(CC(OCC)OCC)Cn1cnc2c(=O)[nH]c(N)nc21. The number of aromatic amines is 1. The van der Waals surface area contributed by atoms with Crippen LogP contribution in [0.5, 0.6) is 0 Å². The number of H-pyrrole nitrogens is 1. The van der Waals surface area contributed by atoms with Crippen LogP contribution in [0.3, 0.4) is 0 Å². The van der Waals surface area contributed by atoms with Crippen molar-refractivity contribution in [3.05, 3.63) is 16.7 Å². The van der Waals surface area contributed by atoms with E-state index >= 15 is 0 Å². The van der Waals surface area contributed by atoms with Gasteiger partial charge in [0.1, 0.15) is 0 Å². The first-order chi connectivity index (χ1) is 20.5. The molecule has 0 amide bonds. The zero-order valence-corrected chi connectivity index (χ0v) is 26.5. The van der Waals surface area contributed by atoms with Gasteiger partial charge in [-0.15, -0.1) is 0 Å². The van der Waals surface area contributed by atoms with E-state index in [4.69, 9.17) is 19.9 Å². The minimum absolute atomic E-state index is 0.0298. The molecule has 2 aromatic heterocycles. The Morgan fingerprint density at radius 1 is 0.881 bits per heavy atom. The van der Waals surface area contributed by atoms with Crippen molar-refractivity contribution in [3.8, 4) is 0 Å².